The van der Waals surface area contributed by atoms with E-state index in [2.05, 4.69) is 20.3 Å². The van der Waals surface area contributed by atoms with E-state index < -0.39 is 0 Å². The van der Waals surface area contributed by atoms with Crippen LogP contribution in [0.25, 0.3) is 16.6 Å². The summed E-state index contributed by atoms with van der Waals surface area (Å²) in [5.41, 5.74) is 7.50. The Morgan fingerprint density at radius 2 is 2.21 bits per heavy atom. The molecule has 0 radical (unpaired) electrons. The molecule has 0 fully saturated rings. The first-order chi connectivity index (χ1) is 9.29. The number of nitrogen functional groups attached to an aromatic ring is 1. The highest BCUT2D eigenvalue weighted by molar-refractivity contribution is 5.95. The van der Waals surface area contributed by atoms with Gasteiger partial charge >= 0.3 is 6.01 Å². The molecule has 7 nitrogen and oxygen atoms in total. The largest absolute Gasteiger partial charge is 0.464 e. The Morgan fingerprint density at radius 1 is 1.32 bits per heavy atom. The molecule has 0 aliphatic rings. The number of ether oxygens (including phenoxy) is 1. The molecule has 0 spiro atoms. The Bertz CT molecular complexity index is 710. The van der Waals surface area contributed by atoms with Gasteiger partial charge in [0.2, 0.25) is 0 Å². The second-order valence-electron chi connectivity index (χ2n) is 3.84. The van der Waals surface area contributed by atoms with E-state index in [0.717, 1.165) is 11.1 Å². The second-order valence-corrected chi connectivity index (χ2v) is 3.84. The van der Waals surface area contributed by atoms with Crippen molar-refractivity contribution in [1.82, 2.24) is 25.0 Å². The van der Waals surface area contributed by atoms with E-state index in [-0.39, 0.29) is 6.01 Å². The molecule has 2 N–H and O–H groups in total. The first-order valence-electron chi connectivity index (χ1n) is 5.85. The molecular weight excluding hydrogens is 244 g/mol. The van der Waals surface area contributed by atoms with Gasteiger partial charge in [0.15, 0.2) is 0 Å². The minimum absolute atomic E-state index is 0.281. The van der Waals surface area contributed by atoms with Crippen molar-refractivity contribution in [3.8, 4) is 11.7 Å². The van der Waals surface area contributed by atoms with Crippen molar-refractivity contribution < 1.29 is 4.74 Å². The fraction of sp³-hybridized carbons (Fsp3) is 0.167. The van der Waals surface area contributed by atoms with Gasteiger partial charge in [-0.3, -0.25) is 0 Å². The van der Waals surface area contributed by atoms with Gasteiger partial charge in [0.25, 0.3) is 0 Å². The Hall–Kier alpha value is -2.70. The summed E-state index contributed by atoms with van der Waals surface area (Å²) in [4.78, 5) is 8.47. The lowest BCUT2D eigenvalue weighted by atomic mass is 10.2. The highest BCUT2D eigenvalue weighted by atomic mass is 16.5. The summed E-state index contributed by atoms with van der Waals surface area (Å²) in [5, 5.41) is 8.48. The molecule has 3 rings (SSSR count). The van der Waals surface area contributed by atoms with Crippen molar-refractivity contribution in [2.75, 3.05) is 12.3 Å². The summed E-state index contributed by atoms with van der Waals surface area (Å²) >= 11 is 0. The maximum atomic E-state index is 6.00. The Balaban J connectivity index is 2.26. The number of hydrogen-bond donors (Lipinski definition) is 1. The molecule has 0 atom stereocenters. The SMILES string of the molecule is CCOc1nc(N)c2c(-n3ccnn3)cccc2n1. The molecule has 96 valence electrons. The number of aromatic nitrogens is 5. The zero-order valence-corrected chi connectivity index (χ0v) is 10.3. The molecule has 3 aromatic rings. The van der Waals surface area contributed by atoms with E-state index in [4.69, 9.17) is 10.5 Å². The van der Waals surface area contributed by atoms with E-state index in [1.165, 1.54) is 0 Å². The lowest BCUT2D eigenvalue weighted by Crippen LogP contribution is -2.04. The summed E-state index contributed by atoms with van der Waals surface area (Å²) < 4.78 is 6.92. The molecular formula is C12H12N6O. The molecule has 0 aliphatic heterocycles. The van der Waals surface area contributed by atoms with E-state index in [9.17, 15) is 0 Å². The molecule has 1 aromatic carbocycles. The van der Waals surface area contributed by atoms with Crippen LogP contribution in [-0.2, 0) is 0 Å². The topological polar surface area (TPSA) is 91.7 Å². The van der Waals surface area contributed by atoms with Crippen LogP contribution in [0.5, 0.6) is 6.01 Å². The van der Waals surface area contributed by atoms with Crippen LogP contribution in [0.15, 0.2) is 30.6 Å². The Kier molecular flexibility index (Phi) is 2.71. The molecule has 2 aromatic heterocycles. The fourth-order valence-electron chi connectivity index (χ4n) is 1.89. The van der Waals surface area contributed by atoms with Crippen LogP contribution in [0.3, 0.4) is 0 Å². The fourth-order valence-corrected chi connectivity index (χ4v) is 1.89. The van der Waals surface area contributed by atoms with Crippen molar-refractivity contribution in [2.45, 2.75) is 6.92 Å². The minimum Gasteiger partial charge on any atom is -0.464 e. The van der Waals surface area contributed by atoms with Gasteiger partial charge in [-0.15, -0.1) is 5.10 Å². The number of anilines is 1. The average Bonchev–Trinajstić information content (AvgIpc) is 2.92. The summed E-state index contributed by atoms with van der Waals surface area (Å²) in [7, 11) is 0. The van der Waals surface area contributed by atoms with Gasteiger partial charge < -0.3 is 10.5 Å². The molecule has 7 heteroatoms. The molecule has 0 saturated carbocycles. The smallest absolute Gasteiger partial charge is 0.318 e. The maximum Gasteiger partial charge on any atom is 0.318 e. The van der Waals surface area contributed by atoms with Crippen LogP contribution in [0.1, 0.15) is 6.92 Å². The van der Waals surface area contributed by atoms with E-state index in [1.807, 2.05) is 25.1 Å². The van der Waals surface area contributed by atoms with Crippen molar-refractivity contribution in [2.24, 2.45) is 0 Å². The first-order valence-corrected chi connectivity index (χ1v) is 5.85. The number of nitrogens with zero attached hydrogens (tertiary/aromatic N) is 5. The summed E-state index contributed by atoms with van der Waals surface area (Å²) in [6, 6.07) is 5.90. The van der Waals surface area contributed by atoms with Crippen molar-refractivity contribution in [3.63, 3.8) is 0 Å². The first kappa shape index (κ1) is 11.4. The lowest BCUT2D eigenvalue weighted by Gasteiger charge is -2.09. The van der Waals surface area contributed by atoms with Crippen molar-refractivity contribution in [3.05, 3.63) is 30.6 Å². The maximum absolute atomic E-state index is 6.00. The zero-order valence-electron chi connectivity index (χ0n) is 10.3. The van der Waals surface area contributed by atoms with Gasteiger partial charge in [-0.05, 0) is 19.1 Å². The number of rotatable bonds is 3. The van der Waals surface area contributed by atoms with E-state index in [1.54, 1.807) is 17.1 Å². The van der Waals surface area contributed by atoms with Gasteiger partial charge in [-0.25, -0.2) is 4.68 Å². The molecule has 0 aliphatic carbocycles. The van der Waals surface area contributed by atoms with Gasteiger partial charge in [0.1, 0.15) is 5.82 Å². The molecule has 19 heavy (non-hydrogen) atoms. The number of fused-ring (bicyclic) bond motifs is 1. The Morgan fingerprint density at radius 3 is 2.95 bits per heavy atom. The van der Waals surface area contributed by atoms with Crippen LogP contribution in [-0.4, -0.2) is 31.6 Å². The lowest BCUT2D eigenvalue weighted by molar-refractivity contribution is 0.314. The molecule has 0 bridgehead atoms. The highest BCUT2D eigenvalue weighted by Crippen LogP contribution is 2.26. The predicted octanol–water partition coefficient (Wildman–Crippen LogP) is 1.19. The number of nitrogens with two attached hydrogens (primary N) is 1. The van der Waals surface area contributed by atoms with Crippen LogP contribution < -0.4 is 10.5 Å². The van der Waals surface area contributed by atoms with Gasteiger partial charge in [0.05, 0.1) is 35.6 Å². The second kappa shape index (κ2) is 4.52. The van der Waals surface area contributed by atoms with Gasteiger partial charge in [0, 0.05) is 0 Å². The van der Waals surface area contributed by atoms with Gasteiger partial charge in [-0.2, -0.15) is 9.97 Å². The highest BCUT2D eigenvalue weighted by Gasteiger charge is 2.11. The van der Waals surface area contributed by atoms with Crippen LogP contribution in [0, 0.1) is 0 Å². The zero-order chi connectivity index (χ0) is 13.2. The molecule has 2 heterocycles. The summed E-state index contributed by atoms with van der Waals surface area (Å²) in [6.07, 6.45) is 3.34. The Labute approximate surface area is 109 Å². The van der Waals surface area contributed by atoms with E-state index >= 15 is 0 Å². The monoisotopic (exact) mass is 256 g/mol. The van der Waals surface area contributed by atoms with Crippen LogP contribution in [0.4, 0.5) is 5.82 Å². The van der Waals surface area contributed by atoms with E-state index in [0.29, 0.717) is 17.9 Å². The van der Waals surface area contributed by atoms with Gasteiger partial charge in [-0.1, -0.05) is 11.3 Å². The van der Waals surface area contributed by atoms with Crippen LogP contribution >= 0.6 is 0 Å². The van der Waals surface area contributed by atoms with Crippen molar-refractivity contribution in [1.29, 1.82) is 0 Å². The third-order valence-electron chi connectivity index (χ3n) is 2.65. The summed E-state index contributed by atoms with van der Waals surface area (Å²) in [6.45, 7) is 2.36. The third kappa shape index (κ3) is 1.95. The number of hydrogen-bond acceptors (Lipinski definition) is 6. The average molecular weight is 256 g/mol. The third-order valence-corrected chi connectivity index (χ3v) is 2.65. The molecule has 0 saturated heterocycles. The quantitative estimate of drug-likeness (QED) is 0.756. The normalized spacial score (nSPS) is 10.8. The predicted molar refractivity (Wildman–Crippen MR) is 70.0 cm³/mol. The molecule has 0 unspecified atom stereocenters. The standard InChI is InChI=1S/C12H12N6O/c1-2-19-12-15-8-4-3-5-9(10(8)11(13)16-12)18-7-6-14-17-18/h3-7H,2H2,1H3,(H2,13,15,16). The van der Waals surface area contributed by atoms with Crippen LogP contribution in [0.2, 0.25) is 0 Å². The summed E-state index contributed by atoms with van der Waals surface area (Å²) in [5.74, 6) is 0.361. The van der Waals surface area contributed by atoms with Crippen molar-refractivity contribution >= 4 is 16.7 Å². The minimum atomic E-state index is 0.281. The number of benzene rings is 1. The molecule has 0 amide bonds.